The lowest BCUT2D eigenvalue weighted by Gasteiger charge is -2.06. The minimum absolute atomic E-state index is 0.00914. The minimum Gasteiger partial charge on any atom is -0.474 e. The zero-order valence-electron chi connectivity index (χ0n) is 16.8. The summed E-state index contributed by atoms with van der Waals surface area (Å²) in [6.07, 6.45) is 0. The SMILES string of the molecule is Cc1ccc(Oc2nc(NC(=O)C(=O)O)c(C(=O)Nc3ccc4ccccc4c3)s2)cc1. The number of rotatable bonds is 5. The van der Waals surface area contributed by atoms with Gasteiger partial charge in [-0.25, -0.2) is 4.79 Å². The third-order valence-corrected chi connectivity index (χ3v) is 5.41. The standard InChI is InChI=1S/C23H17N3O5S/c1-13-6-10-17(11-7-13)31-23-26-19(25-21(28)22(29)30)18(32-23)20(27)24-16-9-8-14-4-2-3-5-15(14)12-16/h2-12H,1H3,(H,24,27)(H,25,28)(H,29,30). The van der Waals surface area contributed by atoms with Crippen LogP contribution in [0.5, 0.6) is 10.9 Å². The summed E-state index contributed by atoms with van der Waals surface area (Å²) in [5.74, 6) is -3.26. The zero-order valence-corrected chi connectivity index (χ0v) is 17.6. The Balaban J connectivity index is 1.62. The first-order chi connectivity index (χ1) is 15.4. The molecule has 3 N–H and O–H groups in total. The highest BCUT2D eigenvalue weighted by atomic mass is 32.1. The average Bonchev–Trinajstić information content (AvgIpc) is 3.17. The molecule has 3 aromatic carbocycles. The largest absolute Gasteiger partial charge is 0.474 e. The summed E-state index contributed by atoms with van der Waals surface area (Å²) < 4.78 is 5.68. The monoisotopic (exact) mass is 447 g/mol. The van der Waals surface area contributed by atoms with E-state index in [0.29, 0.717) is 11.4 Å². The number of amides is 2. The summed E-state index contributed by atoms with van der Waals surface area (Å²) in [5.41, 5.74) is 1.58. The van der Waals surface area contributed by atoms with Crippen LogP contribution in [0, 0.1) is 6.92 Å². The number of nitrogens with one attached hydrogen (secondary N) is 2. The number of carbonyl (C=O) groups is 3. The number of hydrogen-bond donors (Lipinski definition) is 3. The number of aryl methyl sites for hydroxylation is 1. The van der Waals surface area contributed by atoms with Crippen molar-refractivity contribution < 1.29 is 24.2 Å². The van der Waals surface area contributed by atoms with Gasteiger partial charge in [0.1, 0.15) is 10.6 Å². The Bertz CT molecular complexity index is 1330. The van der Waals surface area contributed by atoms with Crippen molar-refractivity contribution in [3.05, 3.63) is 77.2 Å². The molecule has 0 aliphatic carbocycles. The summed E-state index contributed by atoms with van der Waals surface area (Å²) in [4.78, 5) is 39.7. The number of carboxylic acid groups (broad SMARTS) is 1. The quantitative estimate of drug-likeness (QED) is 0.383. The highest BCUT2D eigenvalue weighted by Gasteiger charge is 2.23. The fourth-order valence-corrected chi connectivity index (χ4v) is 3.69. The molecule has 160 valence electrons. The molecule has 1 aromatic heterocycles. The van der Waals surface area contributed by atoms with E-state index in [1.54, 1.807) is 18.2 Å². The predicted octanol–water partition coefficient (Wildman–Crippen LogP) is 4.67. The number of benzene rings is 3. The number of fused-ring (bicyclic) bond motifs is 1. The highest BCUT2D eigenvalue weighted by molar-refractivity contribution is 7.16. The number of thiazole rings is 1. The number of carbonyl (C=O) groups excluding carboxylic acids is 2. The van der Waals surface area contributed by atoms with Crippen molar-refractivity contribution in [2.45, 2.75) is 6.92 Å². The van der Waals surface area contributed by atoms with Gasteiger partial charge in [0.05, 0.1) is 0 Å². The maximum Gasteiger partial charge on any atom is 0.394 e. The van der Waals surface area contributed by atoms with Crippen LogP contribution >= 0.6 is 11.3 Å². The van der Waals surface area contributed by atoms with Crippen LogP contribution in [0.4, 0.5) is 11.5 Å². The first-order valence-electron chi connectivity index (χ1n) is 9.49. The Morgan fingerprint density at radius 1 is 0.938 bits per heavy atom. The van der Waals surface area contributed by atoms with E-state index in [0.717, 1.165) is 27.7 Å². The maximum atomic E-state index is 12.9. The molecule has 0 saturated carbocycles. The van der Waals surface area contributed by atoms with Crippen LogP contribution in [0.3, 0.4) is 0 Å². The van der Waals surface area contributed by atoms with Crippen molar-refractivity contribution >= 4 is 51.4 Å². The van der Waals surface area contributed by atoms with E-state index in [4.69, 9.17) is 9.84 Å². The minimum atomic E-state index is -1.69. The molecular weight excluding hydrogens is 430 g/mol. The van der Waals surface area contributed by atoms with E-state index in [-0.39, 0.29) is 15.9 Å². The zero-order chi connectivity index (χ0) is 22.7. The molecule has 0 bridgehead atoms. The van der Waals surface area contributed by atoms with Crippen molar-refractivity contribution in [3.8, 4) is 10.9 Å². The van der Waals surface area contributed by atoms with Crippen LogP contribution in [-0.2, 0) is 9.59 Å². The predicted molar refractivity (Wildman–Crippen MR) is 122 cm³/mol. The number of aromatic nitrogens is 1. The summed E-state index contributed by atoms with van der Waals surface area (Å²) in [6, 6.07) is 20.3. The number of ether oxygens (including phenoxy) is 1. The molecule has 0 atom stereocenters. The van der Waals surface area contributed by atoms with E-state index in [1.165, 1.54) is 0 Å². The molecule has 0 fully saturated rings. The van der Waals surface area contributed by atoms with E-state index in [9.17, 15) is 14.4 Å². The Kier molecular flexibility index (Phi) is 5.82. The molecule has 4 aromatic rings. The molecule has 0 radical (unpaired) electrons. The van der Waals surface area contributed by atoms with Gasteiger partial charge in [-0.3, -0.25) is 14.9 Å². The number of nitrogens with zero attached hydrogens (tertiary/aromatic N) is 1. The lowest BCUT2D eigenvalue weighted by molar-refractivity contribution is -0.147. The van der Waals surface area contributed by atoms with Crippen molar-refractivity contribution in [2.24, 2.45) is 0 Å². The third kappa shape index (κ3) is 4.73. The highest BCUT2D eigenvalue weighted by Crippen LogP contribution is 2.33. The van der Waals surface area contributed by atoms with E-state index in [1.807, 2.05) is 55.5 Å². The fraction of sp³-hybridized carbons (Fsp3) is 0.0435. The average molecular weight is 447 g/mol. The van der Waals surface area contributed by atoms with Crippen molar-refractivity contribution in [1.29, 1.82) is 0 Å². The van der Waals surface area contributed by atoms with Gasteiger partial charge >= 0.3 is 11.9 Å². The molecule has 0 saturated heterocycles. The van der Waals surface area contributed by atoms with Gasteiger partial charge in [-0.2, -0.15) is 4.98 Å². The third-order valence-electron chi connectivity index (χ3n) is 4.47. The second-order valence-electron chi connectivity index (χ2n) is 6.85. The van der Waals surface area contributed by atoms with Gasteiger partial charge in [0.25, 0.3) is 11.1 Å². The fourth-order valence-electron chi connectivity index (χ4n) is 2.91. The molecule has 2 amide bonds. The van der Waals surface area contributed by atoms with Crippen LogP contribution in [0.1, 0.15) is 15.2 Å². The van der Waals surface area contributed by atoms with Gasteiger partial charge in [-0.15, -0.1) is 0 Å². The van der Waals surface area contributed by atoms with Gasteiger partial charge in [0.15, 0.2) is 5.82 Å². The number of aliphatic carboxylic acids is 1. The van der Waals surface area contributed by atoms with Crippen LogP contribution in [0.25, 0.3) is 10.8 Å². The smallest absolute Gasteiger partial charge is 0.394 e. The summed E-state index contributed by atoms with van der Waals surface area (Å²) in [5, 5.41) is 15.8. The Morgan fingerprint density at radius 3 is 2.38 bits per heavy atom. The van der Waals surface area contributed by atoms with E-state index in [2.05, 4.69) is 15.6 Å². The molecule has 0 unspecified atom stereocenters. The molecule has 1 heterocycles. The van der Waals surface area contributed by atoms with Crippen molar-refractivity contribution in [2.75, 3.05) is 10.6 Å². The molecule has 4 rings (SSSR count). The lowest BCUT2D eigenvalue weighted by atomic mass is 10.1. The molecule has 9 heteroatoms. The molecular formula is C23H17N3O5S. The van der Waals surface area contributed by atoms with Gasteiger partial charge in [0, 0.05) is 5.69 Å². The summed E-state index contributed by atoms with van der Waals surface area (Å²) in [6.45, 7) is 1.93. The van der Waals surface area contributed by atoms with Crippen molar-refractivity contribution in [1.82, 2.24) is 4.98 Å². The Morgan fingerprint density at radius 2 is 1.66 bits per heavy atom. The van der Waals surface area contributed by atoms with Gasteiger partial charge in [0.2, 0.25) is 0 Å². The number of carboxylic acids is 1. The van der Waals surface area contributed by atoms with Crippen LogP contribution in [0.15, 0.2) is 66.7 Å². The summed E-state index contributed by atoms with van der Waals surface area (Å²) in [7, 11) is 0. The normalized spacial score (nSPS) is 10.5. The summed E-state index contributed by atoms with van der Waals surface area (Å²) >= 11 is 0.890. The molecule has 8 nitrogen and oxygen atoms in total. The Hall–Kier alpha value is -4.24. The number of hydrogen-bond acceptors (Lipinski definition) is 6. The lowest BCUT2D eigenvalue weighted by Crippen LogP contribution is -2.23. The van der Waals surface area contributed by atoms with Crippen molar-refractivity contribution in [3.63, 3.8) is 0 Å². The molecule has 0 spiro atoms. The second kappa shape index (κ2) is 8.86. The van der Waals surface area contributed by atoms with Gasteiger partial charge in [-0.05, 0) is 42.0 Å². The van der Waals surface area contributed by atoms with E-state index < -0.39 is 17.8 Å². The maximum absolute atomic E-state index is 12.9. The topological polar surface area (TPSA) is 118 Å². The second-order valence-corrected chi connectivity index (χ2v) is 7.81. The van der Waals surface area contributed by atoms with Crippen LogP contribution < -0.4 is 15.4 Å². The molecule has 32 heavy (non-hydrogen) atoms. The van der Waals surface area contributed by atoms with Gasteiger partial charge < -0.3 is 15.2 Å². The van der Waals surface area contributed by atoms with Crippen LogP contribution in [-0.4, -0.2) is 27.9 Å². The van der Waals surface area contributed by atoms with Gasteiger partial charge in [-0.1, -0.05) is 59.4 Å². The molecule has 0 aliphatic rings. The number of anilines is 2. The first-order valence-corrected chi connectivity index (χ1v) is 10.3. The Labute approximate surface area is 186 Å². The molecule has 0 aliphatic heterocycles. The van der Waals surface area contributed by atoms with E-state index >= 15 is 0 Å². The first kappa shape index (κ1) is 21.0. The van der Waals surface area contributed by atoms with Crippen LogP contribution in [0.2, 0.25) is 0 Å².